The Kier molecular flexibility index (Phi) is 4.26. The lowest BCUT2D eigenvalue weighted by Crippen LogP contribution is -2.55. The summed E-state index contributed by atoms with van der Waals surface area (Å²) >= 11 is 0. The van der Waals surface area contributed by atoms with E-state index in [-0.39, 0.29) is 40.8 Å². The number of ketones is 3. The molecule has 0 N–H and O–H groups in total. The van der Waals surface area contributed by atoms with E-state index in [4.69, 9.17) is 4.74 Å². The normalized spacial score (nSPS) is 44.8. The third-order valence-electron chi connectivity index (χ3n) is 8.32. The summed E-state index contributed by atoms with van der Waals surface area (Å²) in [5.41, 5.74) is 0.844. The Morgan fingerprint density at radius 3 is 2.69 bits per heavy atom. The number of carbonyl (C=O) groups excluding carboxylic acids is 3. The Bertz CT molecular complexity index is 692. The molecule has 4 aliphatic rings. The lowest BCUT2D eigenvalue weighted by atomic mass is 9.46. The Labute approximate surface area is 155 Å². The summed E-state index contributed by atoms with van der Waals surface area (Å²) < 4.78 is 5.10. The summed E-state index contributed by atoms with van der Waals surface area (Å²) in [6.07, 6.45) is 7.55. The number of Topliss-reactive ketones (excluding diaryl/α,β-unsaturated/α-hetero) is 2. The van der Waals surface area contributed by atoms with Gasteiger partial charge in [-0.3, -0.25) is 14.4 Å². The van der Waals surface area contributed by atoms with E-state index in [1.54, 1.807) is 7.11 Å². The average Bonchev–Trinajstić information content (AvgIpc) is 2.92. The predicted octanol–water partition coefficient (Wildman–Crippen LogP) is 3.53. The molecule has 4 heteroatoms. The largest absolute Gasteiger partial charge is 0.377 e. The predicted molar refractivity (Wildman–Crippen MR) is 97.5 cm³/mol. The lowest BCUT2D eigenvalue weighted by Gasteiger charge is -2.56. The fourth-order valence-corrected chi connectivity index (χ4v) is 7.16. The standard InChI is InChI=1S/C22H30O4/c1-21-9-8-14(23)10-13(21)4-5-15-16-6-7-17(19(25)12-26-3)22(16,2)11-18(24)20(15)21/h10,15-17,20H,4-9,11-12H2,1-3H3. The average molecular weight is 358 g/mol. The molecule has 0 aromatic heterocycles. The second kappa shape index (κ2) is 6.12. The maximum Gasteiger partial charge on any atom is 0.162 e. The summed E-state index contributed by atoms with van der Waals surface area (Å²) in [6.45, 7) is 4.54. The van der Waals surface area contributed by atoms with Gasteiger partial charge in [0.05, 0.1) is 0 Å². The van der Waals surface area contributed by atoms with Crippen LogP contribution in [-0.4, -0.2) is 31.1 Å². The molecule has 0 heterocycles. The van der Waals surface area contributed by atoms with E-state index in [2.05, 4.69) is 13.8 Å². The van der Waals surface area contributed by atoms with Gasteiger partial charge in [0.15, 0.2) is 11.6 Å². The molecule has 0 bridgehead atoms. The van der Waals surface area contributed by atoms with Gasteiger partial charge in [-0.25, -0.2) is 0 Å². The van der Waals surface area contributed by atoms with Crippen LogP contribution in [-0.2, 0) is 19.1 Å². The van der Waals surface area contributed by atoms with Gasteiger partial charge in [-0.15, -0.1) is 0 Å². The van der Waals surface area contributed by atoms with E-state index < -0.39 is 0 Å². The van der Waals surface area contributed by atoms with Crippen LogP contribution in [0, 0.1) is 34.5 Å². The fourth-order valence-electron chi connectivity index (χ4n) is 7.16. The molecular weight excluding hydrogens is 328 g/mol. The quantitative estimate of drug-likeness (QED) is 0.774. The molecule has 3 saturated carbocycles. The van der Waals surface area contributed by atoms with E-state index in [0.717, 1.165) is 32.1 Å². The zero-order valence-electron chi connectivity index (χ0n) is 16.2. The van der Waals surface area contributed by atoms with E-state index in [0.29, 0.717) is 30.5 Å². The zero-order chi connectivity index (χ0) is 18.7. The fraction of sp³-hybridized carbons (Fsp3) is 0.773. The highest BCUT2D eigenvalue weighted by molar-refractivity contribution is 5.93. The van der Waals surface area contributed by atoms with Crippen molar-refractivity contribution in [3.63, 3.8) is 0 Å². The minimum Gasteiger partial charge on any atom is -0.377 e. The lowest BCUT2D eigenvalue weighted by molar-refractivity contribution is -0.149. The van der Waals surface area contributed by atoms with Gasteiger partial charge in [0.25, 0.3) is 0 Å². The number of allylic oxidation sites excluding steroid dienone is 1. The topological polar surface area (TPSA) is 60.4 Å². The molecule has 4 nitrogen and oxygen atoms in total. The molecule has 0 aromatic rings. The maximum absolute atomic E-state index is 13.4. The molecule has 142 valence electrons. The van der Waals surface area contributed by atoms with Gasteiger partial charge >= 0.3 is 0 Å². The van der Waals surface area contributed by atoms with Crippen LogP contribution in [0.3, 0.4) is 0 Å². The summed E-state index contributed by atoms with van der Waals surface area (Å²) in [6, 6.07) is 0. The van der Waals surface area contributed by atoms with Gasteiger partial charge in [0.1, 0.15) is 12.4 Å². The molecular formula is C22H30O4. The molecule has 4 rings (SSSR count). The first kappa shape index (κ1) is 18.1. The molecule has 4 aliphatic carbocycles. The number of fused-ring (bicyclic) bond motifs is 5. The molecule has 6 unspecified atom stereocenters. The number of hydrogen-bond donors (Lipinski definition) is 0. The van der Waals surface area contributed by atoms with Gasteiger partial charge in [0, 0.05) is 31.8 Å². The van der Waals surface area contributed by atoms with Gasteiger partial charge < -0.3 is 4.74 Å². The molecule has 0 amide bonds. The first-order chi connectivity index (χ1) is 12.3. The minimum absolute atomic E-state index is 0.0324. The number of rotatable bonds is 3. The second-order valence-electron chi connectivity index (χ2n) is 9.52. The van der Waals surface area contributed by atoms with Crippen LogP contribution in [0.1, 0.15) is 58.8 Å². The highest BCUT2D eigenvalue weighted by Gasteiger charge is 2.62. The van der Waals surface area contributed by atoms with E-state index in [9.17, 15) is 14.4 Å². The highest BCUT2D eigenvalue weighted by atomic mass is 16.5. The molecule has 6 atom stereocenters. The molecule has 0 spiro atoms. The van der Waals surface area contributed by atoms with Crippen LogP contribution in [0.4, 0.5) is 0 Å². The molecule has 26 heavy (non-hydrogen) atoms. The Morgan fingerprint density at radius 2 is 1.96 bits per heavy atom. The summed E-state index contributed by atoms with van der Waals surface area (Å²) in [5, 5.41) is 0. The molecule has 0 saturated heterocycles. The van der Waals surface area contributed by atoms with Crippen molar-refractivity contribution < 1.29 is 19.1 Å². The first-order valence-electron chi connectivity index (χ1n) is 10.1. The van der Waals surface area contributed by atoms with Crippen molar-refractivity contribution in [2.24, 2.45) is 34.5 Å². The number of carbonyl (C=O) groups is 3. The summed E-state index contributed by atoms with van der Waals surface area (Å²) in [4.78, 5) is 37.9. The summed E-state index contributed by atoms with van der Waals surface area (Å²) in [7, 11) is 1.56. The third-order valence-corrected chi connectivity index (χ3v) is 8.32. The van der Waals surface area contributed by atoms with Gasteiger partial charge in [0.2, 0.25) is 0 Å². The van der Waals surface area contributed by atoms with Crippen LogP contribution in [0.15, 0.2) is 11.6 Å². The van der Waals surface area contributed by atoms with Crippen LogP contribution in [0.5, 0.6) is 0 Å². The third kappa shape index (κ3) is 2.41. The van der Waals surface area contributed by atoms with Crippen LogP contribution in [0.25, 0.3) is 0 Å². The van der Waals surface area contributed by atoms with E-state index in [1.807, 2.05) is 6.08 Å². The Hall–Kier alpha value is -1.29. The highest BCUT2D eigenvalue weighted by Crippen LogP contribution is 2.65. The monoisotopic (exact) mass is 358 g/mol. The number of hydrogen-bond acceptors (Lipinski definition) is 4. The van der Waals surface area contributed by atoms with Gasteiger partial charge in [-0.2, -0.15) is 0 Å². The van der Waals surface area contributed by atoms with Crippen molar-refractivity contribution in [2.75, 3.05) is 13.7 Å². The number of methoxy groups -OCH3 is 1. The van der Waals surface area contributed by atoms with E-state index >= 15 is 0 Å². The Morgan fingerprint density at radius 1 is 1.19 bits per heavy atom. The van der Waals surface area contributed by atoms with Gasteiger partial charge in [-0.05, 0) is 60.8 Å². The molecule has 3 fully saturated rings. The second-order valence-corrected chi connectivity index (χ2v) is 9.52. The zero-order valence-corrected chi connectivity index (χ0v) is 16.2. The van der Waals surface area contributed by atoms with E-state index in [1.165, 1.54) is 5.57 Å². The molecule has 0 aromatic carbocycles. The molecule has 0 aliphatic heterocycles. The van der Waals surface area contributed by atoms with Crippen LogP contribution >= 0.6 is 0 Å². The Balaban J connectivity index is 1.68. The smallest absolute Gasteiger partial charge is 0.162 e. The van der Waals surface area contributed by atoms with Crippen LogP contribution < -0.4 is 0 Å². The molecule has 0 radical (unpaired) electrons. The van der Waals surface area contributed by atoms with Crippen molar-refractivity contribution in [1.29, 1.82) is 0 Å². The van der Waals surface area contributed by atoms with Crippen molar-refractivity contribution in [3.05, 3.63) is 11.6 Å². The van der Waals surface area contributed by atoms with Crippen LogP contribution in [0.2, 0.25) is 0 Å². The van der Waals surface area contributed by atoms with Crippen molar-refractivity contribution >= 4 is 17.3 Å². The minimum atomic E-state index is -0.212. The number of ether oxygens (including phenoxy) is 1. The summed E-state index contributed by atoms with van der Waals surface area (Å²) in [5.74, 6) is 1.49. The SMILES string of the molecule is COCC(=O)C1CCC2C3CCC4=CC(=O)CCC4(C)C3C(=O)CC12C. The van der Waals surface area contributed by atoms with Gasteiger partial charge in [-0.1, -0.05) is 19.4 Å². The maximum atomic E-state index is 13.4. The van der Waals surface area contributed by atoms with Crippen molar-refractivity contribution in [2.45, 2.75) is 58.8 Å². The van der Waals surface area contributed by atoms with Crippen molar-refractivity contribution in [3.8, 4) is 0 Å². The first-order valence-corrected chi connectivity index (χ1v) is 10.1. The van der Waals surface area contributed by atoms with Crippen molar-refractivity contribution in [1.82, 2.24) is 0 Å².